The molecule has 2 heterocycles. The van der Waals surface area contributed by atoms with Gasteiger partial charge in [0.1, 0.15) is 0 Å². The van der Waals surface area contributed by atoms with Crippen molar-refractivity contribution >= 4 is 11.9 Å². The molecule has 1 fully saturated rings. The van der Waals surface area contributed by atoms with Crippen molar-refractivity contribution in [1.82, 2.24) is 4.90 Å². The lowest BCUT2D eigenvalue weighted by molar-refractivity contribution is -0.153. The van der Waals surface area contributed by atoms with Crippen LogP contribution in [-0.2, 0) is 20.7 Å². The third-order valence-electron chi connectivity index (χ3n) is 4.24. The Balaban J connectivity index is 1.92. The quantitative estimate of drug-likeness (QED) is 0.810. The largest absolute Gasteiger partial charge is 0.479 e. The number of hydrogen-bond acceptors (Lipinski definition) is 4. The number of aliphatic carboxylic acids is 1. The molecule has 1 amide bonds. The second-order valence-corrected chi connectivity index (χ2v) is 5.53. The monoisotopic (exact) mass is 290 g/mol. The molecule has 21 heavy (non-hydrogen) atoms. The zero-order valence-corrected chi connectivity index (χ0v) is 11.6. The number of ether oxygens (including phenoxy) is 1. The van der Waals surface area contributed by atoms with Crippen LogP contribution in [0.4, 0.5) is 0 Å². The van der Waals surface area contributed by atoms with Crippen molar-refractivity contribution in [2.75, 3.05) is 19.8 Å². The topological polar surface area (TPSA) is 92.9 Å². The molecule has 3 unspecified atom stereocenters. The molecule has 0 spiro atoms. The van der Waals surface area contributed by atoms with Crippen LogP contribution in [0.2, 0.25) is 0 Å². The van der Waals surface area contributed by atoms with E-state index in [-0.39, 0.29) is 18.6 Å². The number of carboxylic acids is 1. The highest BCUT2D eigenvalue weighted by molar-refractivity contribution is 5.87. The van der Waals surface area contributed by atoms with Gasteiger partial charge in [-0.1, -0.05) is 24.3 Å². The van der Waals surface area contributed by atoms with Crippen molar-refractivity contribution in [1.29, 1.82) is 0 Å². The molecule has 3 rings (SSSR count). The van der Waals surface area contributed by atoms with E-state index in [4.69, 9.17) is 10.5 Å². The second kappa shape index (κ2) is 5.46. The summed E-state index contributed by atoms with van der Waals surface area (Å²) in [5.41, 5.74) is 7.56. The number of hydrogen-bond donors (Lipinski definition) is 2. The van der Waals surface area contributed by atoms with Gasteiger partial charge in [0.2, 0.25) is 5.91 Å². The van der Waals surface area contributed by atoms with Gasteiger partial charge < -0.3 is 20.5 Å². The van der Waals surface area contributed by atoms with Gasteiger partial charge in [0.25, 0.3) is 0 Å². The number of carbonyl (C=O) groups excluding carboxylic acids is 1. The number of nitrogens with two attached hydrogens (primary N) is 1. The lowest BCUT2D eigenvalue weighted by Crippen LogP contribution is -2.49. The lowest BCUT2D eigenvalue weighted by Gasteiger charge is -2.36. The number of rotatable bonds is 2. The summed E-state index contributed by atoms with van der Waals surface area (Å²) in [5.74, 6) is -1.68. The first-order chi connectivity index (χ1) is 10.1. The fourth-order valence-corrected chi connectivity index (χ4v) is 3.11. The summed E-state index contributed by atoms with van der Waals surface area (Å²) in [6.45, 7) is 1.01. The third kappa shape index (κ3) is 2.41. The maximum absolute atomic E-state index is 12.6. The van der Waals surface area contributed by atoms with E-state index in [9.17, 15) is 14.7 Å². The van der Waals surface area contributed by atoms with Gasteiger partial charge >= 0.3 is 5.97 Å². The summed E-state index contributed by atoms with van der Waals surface area (Å²) >= 11 is 0. The first-order valence-corrected chi connectivity index (χ1v) is 7.04. The van der Waals surface area contributed by atoms with Crippen molar-refractivity contribution in [3.63, 3.8) is 0 Å². The van der Waals surface area contributed by atoms with Crippen molar-refractivity contribution in [3.8, 4) is 0 Å². The predicted octanol–water partition coefficient (Wildman–Crippen LogP) is 0.171. The molecule has 0 bridgehead atoms. The zero-order chi connectivity index (χ0) is 15.0. The summed E-state index contributed by atoms with van der Waals surface area (Å²) in [6.07, 6.45) is 0.661. The van der Waals surface area contributed by atoms with Crippen LogP contribution in [0.5, 0.6) is 0 Å². The molecule has 0 radical (unpaired) electrons. The third-order valence-corrected chi connectivity index (χ3v) is 4.24. The second-order valence-electron chi connectivity index (χ2n) is 5.53. The van der Waals surface area contributed by atoms with E-state index in [1.807, 2.05) is 12.1 Å². The van der Waals surface area contributed by atoms with E-state index in [0.29, 0.717) is 25.1 Å². The fraction of sp³-hybridized carbons (Fsp3) is 0.467. The van der Waals surface area contributed by atoms with Crippen molar-refractivity contribution in [2.24, 2.45) is 11.7 Å². The summed E-state index contributed by atoms with van der Waals surface area (Å²) in [6, 6.07) is 6.08. The SMILES string of the molecule is NC1COCC1C(=O)N1CCc2ccccc2C1C(=O)O. The molecule has 2 aliphatic rings. The van der Waals surface area contributed by atoms with Crippen LogP contribution >= 0.6 is 0 Å². The number of benzene rings is 1. The first-order valence-electron chi connectivity index (χ1n) is 7.04. The number of amides is 1. The molecule has 1 aromatic carbocycles. The van der Waals surface area contributed by atoms with Gasteiger partial charge in [-0.2, -0.15) is 0 Å². The molecule has 3 atom stereocenters. The maximum atomic E-state index is 12.6. The van der Waals surface area contributed by atoms with E-state index < -0.39 is 17.9 Å². The van der Waals surface area contributed by atoms with Gasteiger partial charge in [0.05, 0.1) is 19.1 Å². The highest BCUT2D eigenvalue weighted by atomic mass is 16.5. The number of carboxylic acid groups (broad SMARTS) is 1. The molecular weight excluding hydrogens is 272 g/mol. The molecule has 6 nitrogen and oxygen atoms in total. The number of fused-ring (bicyclic) bond motifs is 1. The highest BCUT2D eigenvalue weighted by Gasteiger charge is 2.41. The van der Waals surface area contributed by atoms with Crippen molar-refractivity contribution in [3.05, 3.63) is 35.4 Å². The smallest absolute Gasteiger partial charge is 0.331 e. The zero-order valence-electron chi connectivity index (χ0n) is 11.6. The Labute approximate surface area is 122 Å². The Hall–Kier alpha value is -1.92. The lowest BCUT2D eigenvalue weighted by atomic mass is 9.90. The number of nitrogens with zero attached hydrogens (tertiary/aromatic N) is 1. The number of carbonyl (C=O) groups is 2. The van der Waals surface area contributed by atoms with E-state index in [1.165, 1.54) is 4.90 Å². The minimum Gasteiger partial charge on any atom is -0.479 e. The average Bonchev–Trinajstić information content (AvgIpc) is 2.91. The molecule has 1 aromatic rings. The van der Waals surface area contributed by atoms with Gasteiger partial charge in [-0.3, -0.25) is 4.79 Å². The Bertz CT molecular complexity index is 575. The highest BCUT2D eigenvalue weighted by Crippen LogP contribution is 2.32. The van der Waals surface area contributed by atoms with Crippen LogP contribution in [0, 0.1) is 5.92 Å². The van der Waals surface area contributed by atoms with Crippen LogP contribution < -0.4 is 5.73 Å². The van der Waals surface area contributed by atoms with Crippen LogP contribution in [-0.4, -0.2) is 47.7 Å². The Morgan fingerprint density at radius 2 is 2.05 bits per heavy atom. The van der Waals surface area contributed by atoms with Gasteiger partial charge in [0.15, 0.2) is 6.04 Å². The Kier molecular flexibility index (Phi) is 3.65. The van der Waals surface area contributed by atoms with Crippen LogP contribution in [0.1, 0.15) is 17.2 Å². The van der Waals surface area contributed by atoms with Crippen molar-refractivity contribution < 1.29 is 19.4 Å². The normalized spacial score (nSPS) is 28.2. The molecule has 6 heteroatoms. The van der Waals surface area contributed by atoms with Crippen LogP contribution in [0.3, 0.4) is 0 Å². The van der Waals surface area contributed by atoms with E-state index in [2.05, 4.69) is 0 Å². The fourth-order valence-electron chi connectivity index (χ4n) is 3.11. The molecule has 2 aliphatic heterocycles. The minimum absolute atomic E-state index is 0.220. The van der Waals surface area contributed by atoms with Gasteiger partial charge in [0, 0.05) is 12.6 Å². The molecule has 0 aromatic heterocycles. The minimum atomic E-state index is -1.01. The predicted molar refractivity (Wildman–Crippen MR) is 74.5 cm³/mol. The van der Waals surface area contributed by atoms with Crippen LogP contribution in [0.25, 0.3) is 0 Å². The van der Waals surface area contributed by atoms with E-state index >= 15 is 0 Å². The van der Waals surface area contributed by atoms with Gasteiger partial charge in [-0.25, -0.2) is 4.79 Å². The molecule has 0 aliphatic carbocycles. The summed E-state index contributed by atoms with van der Waals surface area (Å²) in [4.78, 5) is 25.7. The molecule has 1 saturated heterocycles. The summed E-state index contributed by atoms with van der Waals surface area (Å²) in [7, 11) is 0. The maximum Gasteiger partial charge on any atom is 0.331 e. The van der Waals surface area contributed by atoms with Crippen molar-refractivity contribution in [2.45, 2.75) is 18.5 Å². The average molecular weight is 290 g/mol. The van der Waals surface area contributed by atoms with E-state index in [1.54, 1.807) is 12.1 Å². The Morgan fingerprint density at radius 3 is 2.71 bits per heavy atom. The Morgan fingerprint density at radius 1 is 1.29 bits per heavy atom. The molecule has 112 valence electrons. The molecular formula is C15H18N2O4. The first kappa shape index (κ1) is 14.0. The van der Waals surface area contributed by atoms with Gasteiger partial charge in [-0.05, 0) is 17.5 Å². The standard InChI is InChI=1S/C15H18N2O4/c16-12-8-21-7-11(12)14(18)17-6-5-9-3-1-2-4-10(9)13(17)15(19)20/h1-4,11-13H,5-8,16H2,(H,19,20). The molecule has 0 saturated carbocycles. The summed E-state index contributed by atoms with van der Waals surface area (Å²) < 4.78 is 5.23. The molecule has 3 N–H and O–H groups in total. The van der Waals surface area contributed by atoms with Gasteiger partial charge in [-0.15, -0.1) is 0 Å². The van der Waals surface area contributed by atoms with E-state index in [0.717, 1.165) is 5.56 Å². The van der Waals surface area contributed by atoms with Crippen LogP contribution in [0.15, 0.2) is 24.3 Å². The summed E-state index contributed by atoms with van der Waals surface area (Å²) in [5, 5.41) is 9.56.